The first kappa shape index (κ1) is 16.3. The highest BCUT2D eigenvalue weighted by Gasteiger charge is 2.17. The van der Waals surface area contributed by atoms with Crippen molar-refractivity contribution >= 4 is 5.91 Å². The smallest absolute Gasteiger partial charge is 0.261 e. The molecule has 0 fully saturated rings. The summed E-state index contributed by atoms with van der Waals surface area (Å²) in [7, 11) is 5.55. The fourth-order valence-corrected chi connectivity index (χ4v) is 1.66. The summed E-state index contributed by atoms with van der Waals surface area (Å²) in [5.74, 6) is 1.35. The van der Waals surface area contributed by atoms with Crippen molar-refractivity contribution in [2.24, 2.45) is 0 Å². The molecule has 20 heavy (non-hydrogen) atoms. The van der Waals surface area contributed by atoms with Gasteiger partial charge in [0.05, 0.1) is 7.11 Å². The second-order valence-corrected chi connectivity index (χ2v) is 4.78. The highest BCUT2D eigenvalue weighted by atomic mass is 16.5. The van der Waals surface area contributed by atoms with Crippen molar-refractivity contribution in [1.82, 2.24) is 10.2 Å². The van der Waals surface area contributed by atoms with Gasteiger partial charge in [-0.3, -0.25) is 4.79 Å². The van der Waals surface area contributed by atoms with Crippen LogP contribution in [0.25, 0.3) is 0 Å². The maximum Gasteiger partial charge on any atom is 0.261 e. The first-order chi connectivity index (χ1) is 9.56. The number of hydrogen-bond acceptors (Lipinski definition) is 4. The number of benzene rings is 1. The predicted molar refractivity (Wildman–Crippen MR) is 79.3 cm³/mol. The molecule has 0 aliphatic carbocycles. The van der Waals surface area contributed by atoms with E-state index in [1.807, 2.05) is 38.1 Å². The number of hydrogen-bond donors (Lipinski definition) is 1. The number of nitrogens with one attached hydrogen (secondary N) is 1. The average molecular weight is 280 g/mol. The van der Waals surface area contributed by atoms with E-state index in [4.69, 9.17) is 9.47 Å². The summed E-state index contributed by atoms with van der Waals surface area (Å²) in [4.78, 5) is 14.0. The van der Waals surface area contributed by atoms with Gasteiger partial charge in [0.25, 0.3) is 5.91 Å². The van der Waals surface area contributed by atoms with E-state index >= 15 is 0 Å². The SMILES string of the molecule is CCC(Oc1ccc(OC)cc1)C(=O)NCCN(C)C. The zero-order valence-corrected chi connectivity index (χ0v) is 12.7. The van der Waals surface area contributed by atoms with Crippen LogP contribution >= 0.6 is 0 Å². The zero-order chi connectivity index (χ0) is 15.0. The molecule has 1 aromatic carbocycles. The van der Waals surface area contributed by atoms with Crippen LogP contribution in [-0.2, 0) is 4.79 Å². The average Bonchev–Trinajstić information content (AvgIpc) is 2.44. The topological polar surface area (TPSA) is 50.8 Å². The third-order valence-corrected chi connectivity index (χ3v) is 2.86. The molecule has 0 heterocycles. The molecule has 5 heteroatoms. The lowest BCUT2D eigenvalue weighted by atomic mass is 10.2. The van der Waals surface area contributed by atoms with Crippen LogP contribution in [-0.4, -0.2) is 51.2 Å². The Kier molecular flexibility index (Phi) is 6.87. The van der Waals surface area contributed by atoms with Gasteiger partial charge in [0.1, 0.15) is 11.5 Å². The van der Waals surface area contributed by atoms with Gasteiger partial charge >= 0.3 is 0 Å². The summed E-state index contributed by atoms with van der Waals surface area (Å²) in [6, 6.07) is 7.22. The molecule has 0 saturated carbocycles. The van der Waals surface area contributed by atoms with Crippen molar-refractivity contribution in [2.45, 2.75) is 19.4 Å². The van der Waals surface area contributed by atoms with E-state index in [1.165, 1.54) is 0 Å². The van der Waals surface area contributed by atoms with Crippen LogP contribution in [0.2, 0.25) is 0 Å². The Hall–Kier alpha value is -1.75. The largest absolute Gasteiger partial charge is 0.497 e. The second-order valence-electron chi connectivity index (χ2n) is 4.78. The van der Waals surface area contributed by atoms with Gasteiger partial charge in [0, 0.05) is 13.1 Å². The molecule has 1 rings (SSSR count). The standard InChI is InChI=1S/C15H24N2O3/c1-5-14(15(18)16-10-11-17(2)3)20-13-8-6-12(19-4)7-9-13/h6-9,14H,5,10-11H2,1-4H3,(H,16,18). The van der Waals surface area contributed by atoms with E-state index in [9.17, 15) is 4.79 Å². The number of ether oxygens (including phenoxy) is 2. The van der Waals surface area contributed by atoms with Crippen molar-refractivity contribution in [2.75, 3.05) is 34.3 Å². The molecule has 1 N–H and O–H groups in total. The number of carbonyl (C=O) groups is 1. The maximum atomic E-state index is 12.0. The molecule has 0 aliphatic heterocycles. The lowest BCUT2D eigenvalue weighted by Crippen LogP contribution is -2.40. The predicted octanol–water partition coefficient (Wildman–Crippen LogP) is 1.53. The zero-order valence-electron chi connectivity index (χ0n) is 12.7. The van der Waals surface area contributed by atoms with E-state index in [1.54, 1.807) is 19.2 Å². The summed E-state index contributed by atoms with van der Waals surface area (Å²) < 4.78 is 10.8. The van der Waals surface area contributed by atoms with Gasteiger partial charge in [-0.05, 0) is 44.8 Å². The number of nitrogens with zero attached hydrogens (tertiary/aromatic N) is 1. The van der Waals surface area contributed by atoms with Gasteiger partial charge in [0.15, 0.2) is 6.10 Å². The Labute approximate surface area is 120 Å². The molecule has 0 aliphatic rings. The van der Waals surface area contributed by atoms with E-state index in [0.717, 1.165) is 12.3 Å². The van der Waals surface area contributed by atoms with Crippen LogP contribution in [0.3, 0.4) is 0 Å². The normalized spacial score (nSPS) is 12.1. The molecule has 5 nitrogen and oxygen atoms in total. The number of amides is 1. The van der Waals surface area contributed by atoms with E-state index in [0.29, 0.717) is 18.7 Å². The van der Waals surface area contributed by atoms with Crippen LogP contribution in [0.15, 0.2) is 24.3 Å². The summed E-state index contributed by atoms with van der Waals surface area (Å²) >= 11 is 0. The van der Waals surface area contributed by atoms with E-state index < -0.39 is 6.10 Å². The van der Waals surface area contributed by atoms with Crippen molar-refractivity contribution in [1.29, 1.82) is 0 Å². The van der Waals surface area contributed by atoms with E-state index in [2.05, 4.69) is 5.32 Å². The van der Waals surface area contributed by atoms with Crippen molar-refractivity contribution in [3.05, 3.63) is 24.3 Å². The molecule has 1 atom stereocenters. The summed E-state index contributed by atoms with van der Waals surface area (Å²) in [5, 5.41) is 2.88. The molecule has 0 radical (unpaired) electrons. The first-order valence-corrected chi connectivity index (χ1v) is 6.80. The highest BCUT2D eigenvalue weighted by Crippen LogP contribution is 2.18. The summed E-state index contributed by atoms with van der Waals surface area (Å²) in [6.45, 7) is 3.36. The molecule has 0 saturated heterocycles. The maximum absolute atomic E-state index is 12.0. The minimum absolute atomic E-state index is 0.0785. The highest BCUT2D eigenvalue weighted by molar-refractivity contribution is 5.81. The molecular formula is C15H24N2O3. The number of rotatable bonds is 8. The summed E-state index contributed by atoms with van der Waals surface area (Å²) in [6.07, 6.45) is 0.158. The van der Waals surface area contributed by atoms with Gasteiger partial charge in [-0.15, -0.1) is 0 Å². The van der Waals surface area contributed by atoms with Crippen molar-refractivity contribution in [3.63, 3.8) is 0 Å². The van der Waals surface area contributed by atoms with Gasteiger partial charge in [0.2, 0.25) is 0 Å². The van der Waals surface area contributed by atoms with Crippen LogP contribution in [0.5, 0.6) is 11.5 Å². The molecule has 0 aromatic heterocycles. The Morgan fingerprint density at radius 2 is 1.85 bits per heavy atom. The van der Waals surface area contributed by atoms with Crippen molar-refractivity contribution in [3.8, 4) is 11.5 Å². The summed E-state index contributed by atoms with van der Waals surface area (Å²) in [5.41, 5.74) is 0. The second kappa shape index (κ2) is 8.43. The van der Waals surface area contributed by atoms with Crippen LogP contribution in [0.4, 0.5) is 0 Å². The molecule has 0 bridgehead atoms. The molecule has 1 amide bonds. The Bertz CT molecular complexity index is 404. The quantitative estimate of drug-likeness (QED) is 0.784. The molecule has 1 aromatic rings. The third kappa shape index (κ3) is 5.48. The van der Waals surface area contributed by atoms with E-state index in [-0.39, 0.29) is 5.91 Å². The lowest BCUT2D eigenvalue weighted by Gasteiger charge is -2.18. The van der Waals surface area contributed by atoms with Gasteiger partial charge < -0.3 is 19.7 Å². The fourth-order valence-electron chi connectivity index (χ4n) is 1.66. The van der Waals surface area contributed by atoms with Gasteiger partial charge in [-0.2, -0.15) is 0 Å². The minimum atomic E-state index is -0.467. The Morgan fingerprint density at radius 1 is 1.25 bits per heavy atom. The molecule has 1 unspecified atom stereocenters. The van der Waals surface area contributed by atoms with Gasteiger partial charge in [-0.1, -0.05) is 6.92 Å². The number of methoxy groups -OCH3 is 1. The van der Waals surface area contributed by atoms with Crippen LogP contribution < -0.4 is 14.8 Å². The number of likely N-dealkylation sites (N-methyl/N-ethyl adjacent to an activating group) is 1. The van der Waals surface area contributed by atoms with Gasteiger partial charge in [-0.25, -0.2) is 0 Å². The molecule has 0 spiro atoms. The number of carbonyl (C=O) groups excluding carboxylic acids is 1. The third-order valence-electron chi connectivity index (χ3n) is 2.86. The Balaban J connectivity index is 2.50. The van der Waals surface area contributed by atoms with Crippen LogP contribution in [0.1, 0.15) is 13.3 Å². The minimum Gasteiger partial charge on any atom is -0.497 e. The first-order valence-electron chi connectivity index (χ1n) is 6.80. The molecular weight excluding hydrogens is 256 g/mol. The fraction of sp³-hybridized carbons (Fsp3) is 0.533. The Morgan fingerprint density at radius 3 is 2.35 bits per heavy atom. The van der Waals surface area contributed by atoms with Crippen molar-refractivity contribution < 1.29 is 14.3 Å². The van der Waals surface area contributed by atoms with Crippen LogP contribution in [0, 0.1) is 0 Å². The molecule has 112 valence electrons. The monoisotopic (exact) mass is 280 g/mol. The lowest BCUT2D eigenvalue weighted by molar-refractivity contribution is -0.128.